The van der Waals surface area contributed by atoms with Gasteiger partial charge in [0, 0.05) is 11.8 Å². The number of benzene rings is 2. The van der Waals surface area contributed by atoms with E-state index in [4.69, 9.17) is 21.1 Å². The van der Waals surface area contributed by atoms with Gasteiger partial charge in [0.25, 0.3) is 0 Å². The number of aryl methyl sites for hydroxylation is 2. The molecule has 1 heterocycles. The number of rotatable bonds is 4. The molecule has 25 heavy (non-hydrogen) atoms. The molecule has 130 valence electrons. The predicted molar refractivity (Wildman–Crippen MR) is 101 cm³/mol. The fraction of sp³-hybridized carbons (Fsp3) is 0.250. The molecule has 0 aromatic heterocycles. The van der Waals surface area contributed by atoms with Crippen LogP contribution in [0.15, 0.2) is 36.4 Å². The topological polar surface area (TPSA) is 47.6 Å². The van der Waals surface area contributed by atoms with Gasteiger partial charge in [-0.15, -0.1) is 0 Å². The Morgan fingerprint density at radius 3 is 2.88 bits per heavy atom. The van der Waals surface area contributed by atoms with Crippen molar-refractivity contribution >= 4 is 29.3 Å². The summed E-state index contributed by atoms with van der Waals surface area (Å²) in [7, 11) is 0. The first kappa shape index (κ1) is 17.4. The summed E-state index contributed by atoms with van der Waals surface area (Å²) in [5.41, 5.74) is 3.82. The number of amides is 1. The lowest BCUT2D eigenvalue weighted by Crippen LogP contribution is -2.15. The summed E-state index contributed by atoms with van der Waals surface area (Å²) in [6.45, 7) is 5.03. The highest BCUT2D eigenvalue weighted by Crippen LogP contribution is 2.38. The Morgan fingerprint density at radius 2 is 2.08 bits per heavy atom. The van der Waals surface area contributed by atoms with Crippen molar-refractivity contribution in [2.75, 3.05) is 18.5 Å². The van der Waals surface area contributed by atoms with Gasteiger partial charge in [-0.3, -0.25) is 4.79 Å². The third-order valence-corrected chi connectivity index (χ3v) is 4.32. The van der Waals surface area contributed by atoms with Crippen molar-refractivity contribution in [1.82, 2.24) is 0 Å². The van der Waals surface area contributed by atoms with Crippen molar-refractivity contribution in [3.63, 3.8) is 0 Å². The van der Waals surface area contributed by atoms with Crippen molar-refractivity contribution in [2.45, 2.75) is 20.3 Å². The number of ether oxygens (including phenoxy) is 2. The molecular weight excluding hydrogens is 338 g/mol. The van der Waals surface area contributed by atoms with E-state index in [1.165, 1.54) is 6.08 Å². The molecule has 0 aliphatic carbocycles. The van der Waals surface area contributed by atoms with Crippen LogP contribution in [-0.4, -0.2) is 19.1 Å². The molecule has 0 unspecified atom stereocenters. The Balaban J connectivity index is 1.76. The zero-order valence-corrected chi connectivity index (χ0v) is 15.0. The second-order valence-corrected chi connectivity index (χ2v) is 6.22. The van der Waals surface area contributed by atoms with Gasteiger partial charge in [-0.25, -0.2) is 0 Å². The van der Waals surface area contributed by atoms with E-state index < -0.39 is 0 Å². The average Bonchev–Trinajstić information content (AvgIpc) is 2.62. The molecule has 0 atom stereocenters. The zero-order valence-electron chi connectivity index (χ0n) is 14.3. The summed E-state index contributed by atoms with van der Waals surface area (Å²) in [5.74, 6) is 0.975. The van der Waals surface area contributed by atoms with E-state index in [1.54, 1.807) is 12.1 Å². The molecule has 0 saturated carbocycles. The standard InChI is InChI=1S/C20H20ClNO3/c1-3-15-6-4-5-13(2)19(15)22-18(23)8-7-14-11-16(21)20-17(12-14)24-9-10-25-20/h4-8,11-12H,3,9-10H2,1-2H3,(H,22,23)/b8-7+. The van der Waals surface area contributed by atoms with Gasteiger partial charge < -0.3 is 14.8 Å². The van der Waals surface area contributed by atoms with Crippen molar-refractivity contribution < 1.29 is 14.3 Å². The predicted octanol–water partition coefficient (Wildman–Crippen LogP) is 4.63. The summed E-state index contributed by atoms with van der Waals surface area (Å²) in [6, 6.07) is 9.57. The first-order valence-corrected chi connectivity index (χ1v) is 8.63. The van der Waals surface area contributed by atoms with Crippen LogP contribution in [0.5, 0.6) is 11.5 Å². The van der Waals surface area contributed by atoms with Gasteiger partial charge in [0.2, 0.25) is 5.91 Å². The van der Waals surface area contributed by atoms with Crippen LogP contribution in [0.2, 0.25) is 5.02 Å². The highest BCUT2D eigenvalue weighted by atomic mass is 35.5. The lowest BCUT2D eigenvalue weighted by molar-refractivity contribution is -0.111. The summed E-state index contributed by atoms with van der Waals surface area (Å²) < 4.78 is 11.0. The minimum Gasteiger partial charge on any atom is -0.486 e. The van der Waals surface area contributed by atoms with E-state index in [9.17, 15) is 4.79 Å². The SMILES string of the molecule is CCc1cccc(C)c1NC(=O)/C=C/c1cc(Cl)c2c(c1)OCCO2. The Morgan fingerprint density at radius 1 is 1.28 bits per heavy atom. The number of anilines is 1. The van der Waals surface area contributed by atoms with Crippen LogP contribution in [0.1, 0.15) is 23.6 Å². The van der Waals surface area contributed by atoms with E-state index in [0.29, 0.717) is 29.7 Å². The monoisotopic (exact) mass is 357 g/mol. The van der Waals surface area contributed by atoms with Crippen molar-refractivity contribution in [1.29, 1.82) is 0 Å². The average molecular weight is 358 g/mol. The van der Waals surface area contributed by atoms with Crippen LogP contribution >= 0.6 is 11.6 Å². The normalized spacial score (nSPS) is 13.1. The Hall–Kier alpha value is -2.46. The second kappa shape index (κ2) is 7.62. The van der Waals surface area contributed by atoms with Gasteiger partial charge in [0.1, 0.15) is 13.2 Å². The number of halogens is 1. The van der Waals surface area contributed by atoms with Gasteiger partial charge >= 0.3 is 0 Å². The third-order valence-electron chi connectivity index (χ3n) is 4.03. The van der Waals surface area contributed by atoms with E-state index in [2.05, 4.69) is 12.2 Å². The highest BCUT2D eigenvalue weighted by molar-refractivity contribution is 6.32. The molecule has 1 N–H and O–H groups in total. The Bertz CT molecular complexity index is 830. The number of carbonyl (C=O) groups is 1. The molecule has 5 heteroatoms. The van der Waals surface area contributed by atoms with Crippen LogP contribution in [-0.2, 0) is 11.2 Å². The number of para-hydroxylation sites is 1. The fourth-order valence-electron chi connectivity index (χ4n) is 2.77. The van der Waals surface area contributed by atoms with Gasteiger partial charge in [0.05, 0.1) is 5.02 Å². The maximum atomic E-state index is 12.3. The summed E-state index contributed by atoms with van der Waals surface area (Å²) in [4.78, 5) is 12.3. The molecule has 0 bridgehead atoms. The van der Waals surface area contributed by atoms with Gasteiger partial charge in [-0.05, 0) is 48.2 Å². The third kappa shape index (κ3) is 3.97. The van der Waals surface area contributed by atoms with Gasteiger partial charge in [-0.2, -0.15) is 0 Å². The minimum absolute atomic E-state index is 0.185. The number of hydrogen-bond donors (Lipinski definition) is 1. The molecule has 1 aliphatic rings. The molecule has 0 spiro atoms. The van der Waals surface area contributed by atoms with Crippen LogP contribution < -0.4 is 14.8 Å². The van der Waals surface area contributed by atoms with Crippen LogP contribution in [0.3, 0.4) is 0 Å². The first-order valence-electron chi connectivity index (χ1n) is 8.25. The Kier molecular flexibility index (Phi) is 5.29. The van der Waals surface area contributed by atoms with Crippen LogP contribution in [0, 0.1) is 6.92 Å². The van der Waals surface area contributed by atoms with Crippen molar-refractivity contribution in [3.8, 4) is 11.5 Å². The molecular formula is C20H20ClNO3. The van der Waals surface area contributed by atoms with Crippen molar-refractivity contribution in [2.24, 2.45) is 0 Å². The molecule has 2 aromatic carbocycles. The quantitative estimate of drug-likeness (QED) is 0.811. The number of hydrogen-bond acceptors (Lipinski definition) is 3. The molecule has 0 fully saturated rings. The summed E-state index contributed by atoms with van der Waals surface area (Å²) in [5, 5.41) is 3.44. The summed E-state index contributed by atoms with van der Waals surface area (Å²) >= 11 is 6.21. The summed E-state index contributed by atoms with van der Waals surface area (Å²) in [6.07, 6.45) is 4.07. The van der Waals surface area contributed by atoms with Crippen molar-refractivity contribution in [3.05, 3.63) is 58.1 Å². The molecule has 0 radical (unpaired) electrons. The fourth-order valence-corrected chi connectivity index (χ4v) is 3.04. The Labute approximate surface area is 152 Å². The zero-order chi connectivity index (χ0) is 17.8. The van der Waals surface area contributed by atoms with Crippen LogP contribution in [0.4, 0.5) is 5.69 Å². The van der Waals surface area contributed by atoms with E-state index in [-0.39, 0.29) is 5.91 Å². The van der Waals surface area contributed by atoms with Crippen LogP contribution in [0.25, 0.3) is 6.08 Å². The smallest absolute Gasteiger partial charge is 0.248 e. The maximum absolute atomic E-state index is 12.3. The van der Waals surface area contributed by atoms with E-state index in [0.717, 1.165) is 28.8 Å². The van der Waals surface area contributed by atoms with Gasteiger partial charge in [0.15, 0.2) is 11.5 Å². The largest absolute Gasteiger partial charge is 0.486 e. The number of fused-ring (bicyclic) bond motifs is 1. The molecule has 3 rings (SSSR count). The molecule has 2 aromatic rings. The lowest BCUT2D eigenvalue weighted by Gasteiger charge is -2.19. The van der Waals surface area contributed by atoms with E-state index in [1.807, 2.05) is 31.2 Å². The number of nitrogens with one attached hydrogen (secondary N) is 1. The second-order valence-electron chi connectivity index (χ2n) is 5.81. The molecule has 0 saturated heterocycles. The maximum Gasteiger partial charge on any atom is 0.248 e. The molecule has 4 nitrogen and oxygen atoms in total. The number of carbonyl (C=O) groups excluding carboxylic acids is 1. The minimum atomic E-state index is -0.185. The first-order chi connectivity index (χ1) is 12.1. The lowest BCUT2D eigenvalue weighted by atomic mass is 10.1. The van der Waals surface area contributed by atoms with E-state index >= 15 is 0 Å². The van der Waals surface area contributed by atoms with Gasteiger partial charge in [-0.1, -0.05) is 36.7 Å². The molecule has 1 aliphatic heterocycles. The highest BCUT2D eigenvalue weighted by Gasteiger charge is 2.16. The molecule has 1 amide bonds.